The van der Waals surface area contributed by atoms with Crippen molar-refractivity contribution >= 4 is 39.5 Å². The van der Waals surface area contributed by atoms with Crippen LogP contribution >= 0.6 is 11.3 Å². The number of hydrogen-bond acceptors (Lipinski definition) is 7. The fourth-order valence-corrected chi connectivity index (χ4v) is 4.33. The lowest BCUT2D eigenvalue weighted by atomic mass is 10.2. The average molecular weight is 482 g/mol. The van der Waals surface area contributed by atoms with Gasteiger partial charge in [-0.05, 0) is 43.3 Å². The third-order valence-electron chi connectivity index (χ3n) is 4.83. The molecule has 2 amide bonds. The van der Waals surface area contributed by atoms with Crippen LogP contribution in [0.25, 0.3) is 4.96 Å². The third-order valence-corrected chi connectivity index (χ3v) is 5.87. The number of halogens is 1. The lowest BCUT2D eigenvalue weighted by Crippen LogP contribution is -2.25. The number of anilines is 2. The number of amides is 2. The smallest absolute Gasteiger partial charge is 0.274 e. The summed E-state index contributed by atoms with van der Waals surface area (Å²) in [4.78, 5) is 43.7. The first-order valence-corrected chi connectivity index (χ1v) is 10.8. The number of ether oxygens (including phenoxy) is 2. The van der Waals surface area contributed by atoms with Gasteiger partial charge in [0.25, 0.3) is 17.4 Å². The monoisotopic (exact) mass is 482 g/mol. The highest BCUT2D eigenvalue weighted by Gasteiger charge is 2.27. The summed E-state index contributed by atoms with van der Waals surface area (Å²) >= 11 is 0.888. The number of hydrogen-bond donors (Lipinski definition) is 2. The molecule has 0 fully saturated rings. The summed E-state index contributed by atoms with van der Waals surface area (Å²) in [6.45, 7) is 1.64. The lowest BCUT2D eigenvalue weighted by molar-refractivity contribution is 0.0989. The maximum Gasteiger partial charge on any atom is 0.274 e. The Balaban J connectivity index is 1.80. The van der Waals surface area contributed by atoms with E-state index in [1.165, 1.54) is 44.6 Å². The number of carbonyl (C=O) groups excluding carboxylic acids is 2. The fourth-order valence-electron chi connectivity index (χ4n) is 3.26. The summed E-state index contributed by atoms with van der Waals surface area (Å²) in [5, 5.41) is 5.30. The molecular weight excluding hydrogens is 463 g/mol. The SMILES string of the molecule is COc1ccc(OC)c(NC(=O)c2c(C(=O)Nc3ccc(F)cc3)sc3nc(C)cc(=O)n23)c1. The van der Waals surface area contributed by atoms with Gasteiger partial charge in [-0.25, -0.2) is 13.8 Å². The molecule has 2 heterocycles. The van der Waals surface area contributed by atoms with Crippen LogP contribution in [0.2, 0.25) is 0 Å². The van der Waals surface area contributed by atoms with Gasteiger partial charge in [0.05, 0.1) is 19.9 Å². The molecule has 0 aliphatic rings. The molecule has 0 spiro atoms. The maximum atomic E-state index is 13.4. The number of nitrogens with zero attached hydrogens (tertiary/aromatic N) is 2. The number of rotatable bonds is 6. The first kappa shape index (κ1) is 22.9. The van der Waals surface area contributed by atoms with Gasteiger partial charge in [-0.15, -0.1) is 0 Å². The van der Waals surface area contributed by atoms with Crippen molar-refractivity contribution < 1.29 is 23.5 Å². The van der Waals surface area contributed by atoms with Crippen LogP contribution in [0.4, 0.5) is 15.8 Å². The fraction of sp³-hybridized carbons (Fsp3) is 0.130. The summed E-state index contributed by atoms with van der Waals surface area (Å²) in [6.07, 6.45) is 0. The zero-order chi connectivity index (χ0) is 24.4. The van der Waals surface area contributed by atoms with Crippen LogP contribution in [-0.2, 0) is 0 Å². The first-order chi connectivity index (χ1) is 16.3. The molecular formula is C23H19FN4O5S. The van der Waals surface area contributed by atoms with Crippen molar-refractivity contribution in [2.24, 2.45) is 0 Å². The molecule has 0 saturated heterocycles. The molecule has 174 valence electrons. The van der Waals surface area contributed by atoms with E-state index in [2.05, 4.69) is 15.6 Å². The molecule has 4 aromatic rings. The number of aryl methyl sites for hydroxylation is 1. The highest BCUT2D eigenvalue weighted by atomic mass is 32.1. The van der Waals surface area contributed by atoms with Crippen LogP contribution in [0.5, 0.6) is 11.5 Å². The van der Waals surface area contributed by atoms with Gasteiger partial charge in [-0.2, -0.15) is 0 Å². The zero-order valence-electron chi connectivity index (χ0n) is 18.3. The van der Waals surface area contributed by atoms with Crippen LogP contribution in [0.1, 0.15) is 25.9 Å². The second-order valence-electron chi connectivity index (χ2n) is 7.11. The van der Waals surface area contributed by atoms with Crippen molar-refractivity contribution in [2.75, 3.05) is 24.9 Å². The van der Waals surface area contributed by atoms with Gasteiger partial charge in [-0.1, -0.05) is 11.3 Å². The van der Waals surface area contributed by atoms with Gasteiger partial charge >= 0.3 is 0 Å². The molecule has 0 saturated carbocycles. The summed E-state index contributed by atoms with van der Waals surface area (Å²) in [5.74, 6) is -1.02. The maximum absolute atomic E-state index is 13.4. The van der Waals surface area contributed by atoms with Crippen LogP contribution in [0.3, 0.4) is 0 Å². The normalized spacial score (nSPS) is 10.7. The molecule has 0 radical (unpaired) electrons. The van der Waals surface area contributed by atoms with Gasteiger partial charge in [0.15, 0.2) is 4.96 Å². The van der Waals surface area contributed by atoms with Crippen molar-refractivity contribution in [3.63, 3.8) is 0 Å². The number of aromatic nitrogens is 2. The van der Waals surface area contributed by atoms with Crippen LogP contribution < -0.4 is 25.7 Å². The van der Waals surface area contributed by atoms with E-state index in [0.29, 0.717) is 22.9 Å². The zero-order valence-corrected chi connectivity index (χ0v) is 19.2. The molecule has 0 aliphatic carbocycles. The Morgan fingerprint density at radius 2 is 1.74 bits per heavy atom. The summed E-state index contributed by atoms with van der Waals surface area (Å²) in [6, 6.07) is 11.2. The molecule has 0 unspecified atom stereocenters. The third kappa shape index (κ3) is 4.46. The predicted molar refractivity (Wildman–Crippen MR) is 126 cm³/mol. The van der Waals surface area contributed by atoms with Crippen LogP contribution in [0.15, 0.2) is 53.3 Å². The molecule has 2 aromatic carbocycles. The van der Waals surface area contributed by atoms with Crippen LogP contribution in [-0.4, -0.2) is 35.4 Å². The Morgan fingerprint density at radius 1 is 1.00 bits per heavy atom. The number of thiazole rings is 1. The van der Waals surface area contributed by atoms with Crippen molar-refractivity contribution in [1.29, 1.82) is 0 Å². The van der Waals surface area contributed by atoms with Gasteiger partial charge in [0, 0.05) is 23.5 Å². The first-order valence-electron chi connectivity index (χ1n) is 9.94. The van der Waals surface area contributed by atoms with E-state index in [1.54, 1.807) is 25.1 Å². The average Bonchev–Trinajstić information content (AvgIpc) is 3.20. The molecule has 2 N–H and O–H groups in total. The highest BCUT2D eigenvalue weighted by Crippen LogP contribution is 2.30. The molecule has 0 bridgehead atoms. The largest absolute Gasteiger partial charge is 0.497 e. The van der Waals surface area contributed by atoms with Crippen molar-refractivity contribution in [2.45, 2.75) is 6.92 Å². The van der Waals surface area contributed by atoms with E-state index >= 15 is 0 Å². The van der Waals surface area contributed by atoms with Crippen molar-refractivity contribution in [1.82, 2.24) is 9.38 Å². The lowest BCUT2D eigenvalue weighted by Gasteiger charge is -2.12. The summed E-state index contributed by atoms with van der Waals surface area (Å²) < 4.78 is 24.8. The highest BCUT2D eigenvalue weighted by molar-refractivity contribution is 7.19. The van der Waals surface area contributed by atoms with Gasteiger partial charge in [-0.3, -0.25) is 14.4 Å². The second kappa shape index (κ2) is 9.32. The summed E-state index contributed by atoms with van der Waals surface area (Å²) in [5.41, 5.74) is 0.341. The molecule has 34 heavy (non-hydrogen) atoms. The molecule has 0 atom stereocenters. The van der Waals surface area contributed by atoms with Crippen molar-refractivity contribution in [3.05, 3.63) is 81.0 Å². The standard InChI is InChI=1S/C23H19FN4O5S/c1-12-10-18(29)28-19(21(30)27-16-11-15(32-2)8-9-17(16)33-3)20(34-23(28)25-12)22(31)26-14-6-4-13(24)5-7-14/h4-11H,1-3H3,(H,26,31)(H,27,30). The van der Waals surface area contributed by atoms with Crippen molar-refractivity contribution in [3.8, 4) is 11.5 Å². The van der Waals surface area contributed by atoms with Crippen LogP contribution in [0, 0.1) is 12.7 Å². The molecule has 4 rings (SSSR count). The number of fused-ring (bicyclic) bond motifs is 1. The van der Waals surface area contributed by atoms with E-state index in [9.17, 15) is 18.8 Å². The minimum absolute atomic E-state index is 0.0427. The van der Waals surface area contributed by atoms with E-state index in [0.717, 1.165) is 15.7 Å². The number of nitrogens with one attached hydrogen (secondary N) is 2. The Hall–Kier alpha value is -4.25. The minimum atomic E-state index is -0.727. The number of carbonyl (C=O) groups is 2. The number of benzene rings is 2. The molecule has 11 heteroatoms. The van der Waals surface area contributed by atoms with E-state index in [4.69, 9.17) is 9.47 Å². The molecule has 9 nitrogen and oxygen atoms in total. The quantitative estimate of drug-likeness (QED) is 0.433. The Morgan fingerprint density at radius 3 is 2.41 bits per heavy atom. The Labute approximate surface area is 196 Å². The van der Waals surface area contributed by atoms with Gasteiger partial charge in [0.2, 0.25) is 0 Å². The molecule has 2 aromatic heterocycles. The summed E-state index contributed by atoms with van der Waals surface area (Å²) in [7, 11) is 2.92. The van der Waals surface area contributed by atoms with E-state index < -0.39 is 23.2 Å². The van der Waals surface area contributed by atoms with Gasteiger partial charge < -0.3 is 20.1 Å². The topological polar surface area (TPSA) is 111 Å². The Bertz CT molecular complexity index is 1460. The minimum Gasteiger partial charge on any atom is -0.497 e. The van der Waals surface area contributed by atoms with E-state index in [-0.39, 0.29) is 21.2 Å². The second-order valence-corrected chi connectivity index (χ2v) is 8.09. The predicted octanol–water partition coefficient (Wildman–Crippen LogP) is 3.73. The van der Waals surface area contributed by atoms with E-state index in [1.807, 2.05) is 0 Å². The van der Waals surface area contributed by atoms with Gasteiger partial charge in [0.1, 0.15) is 27.9 Å². The molecule has 0 aliphatic heterocycles. The number of methoxy groups -OCH3 is 2. The Kier molecular flexibility index (Phi) is 6.28.